The molecule has 0 fully saturated rings. The molecule has 1 N–H and O–H groups in total. The number of aromatic nitrogens is 1. The number of hydrogen-bond acceptors (Lipinski definition) is 3. The number of hydrogen-bond donors (Lipinski definition) is 1. The van der Waals surface area contributed by atoms with E-state index in [1.165, 1.54) is 0 Å². The molecular weight excluding hydrogens is 306 g/mol. The van der Waals surface area contributed by atoms with E-state index >= 15 is 0 Å². The first-order chi connectivity index (χ1) is 9.19. The number of pyridine rings is 1. The van der Waals surface area contributed by atoms with Gasteiger partial charge in [-0.3, -0.25) is 4.98 Å². The molecule has 19 heavy (non-hydrogen) atoms. The number of benzene rings is 1. The molecule has 1 aromatic carbocycles. The van der Waals surface area contributed by atoms with E-state index in [-0.39, 0.29) is 0 Å². The van der Waals surface area contributed by atoms with Crippen LogP contribution in [0.2, 0.25) is 0 Å². The maximum absolute atomic E-state index is 10.1. The van der Waals surface area contributed by atoms with Gasteiger partial charge in [-0.2, -0.15) is 0 Å². The topological polar surface area (TPSA) is 42.4 Å². The molecule has 0 bridgehead atoms. The molecule has 0 radical (unpaired) electrons. The summed E-state index contributed by atoms with van der Waals surface area (Å²) in [4.78, 5) is 4.05. The average Bonchev–Trinajstić information content (AvgIpc) is 2.40. The molecule has 100 valence electrons. The van der Waals surface area contributed by atoms with Gasteiger partial charge in [-0.25, -0.2) is 0 Å². The second kappa shape index (κ2) is 6.68. The molecule has 0 aliphatic heterocycles. The summed E-state index contributed by atoms with van der Waals surface area (Å²) < 4.78 is 6.09. The van der Waals surface area contributed by atoms with Crippen LogP contribution < -0.4 is 4.74 Å². The van der Waals surface area contributed by atoms with Crippen molar-refractivity contribution in [2.45, 2.75) is 18.9 Å². The fraction of sp³-hybridized carbons (Fsp3) is 0.267. The number of nitrogens with zero attached hydrogens (tertiary/aromatic N) is 1. The Labute approximate surface area is 121 Å². The van der Waals surface area contributed by atoms with Gasteiger partial charge in [-0.15, -0.1) is 0 Å². The van der Waals surface area contributed by atoms with Crippen LogP contribution in [-0.2, 0) is 12.8 Å². The van der Waals surface area contributed by atoms with E-state index in [0.29, 0.717) is 12.8 Å². The highest BCUT2D eigenvalue weighted by Gasteiger charge is 2.09. The second-order valence-electron chi connectivity index (χ2n) is 4.39. The summed E-state index contributed by atoms with van der Waals surface area (Å²) in [5.74, 6) is 0.797. The van der Waals surface area contributed by atoms with Gasteiger partial charge >= 0.3 is 0 Å². The molecule has 0 aliphatic rings. The Morgan fingerprint density at radius 1 is 1.26 bits per heavy atom. The standard InChI is InChI=1S/C15H16BrNO2/c1-19-15-5-4-11(9-14(15)16)7-13(18)8-12-3-2-6-17-10-12/h2-6,9-10,13,18H,7-8H2,1H3. The highest BCUT2D eigenvalue weighted by atomic mass is 79.9. The molecule has 0 amide bonds. The molecule has 2 rings (SSSR count). The highest BCUT2D eigenvalue weighted by Crippen LogP contribution is 2.26. The van der Waals surface area contributed by atoms with Gasteiger partial charge in [0, 0.05) is 18.8 Å². The maximum atomic E-state index is 10.1. The first-order valence-corrected chi connectivity index (χ1v) is 6.87. The van der Waals surface area contributed by atoms with Gasteiger partial charge in [0.2, 0.25) is 0 Å². The molecule has 1 heterocycles. The third-order valence-corrected chi connectivity index (χ3v) is 3.50. The summed E-state index contributed by atoms with van der Waals surface area (Å²) >= 11 is 3.45. The fourth-order valence-corrected chi connectivity index (χ4v) is 2.56. The van der Waals surface area contributed by atoms with Gasteiger partial charge in [0.15, 0.2) is 0 Å². The zero-order valence-corrected chi connectivity index (χ0v) is 12.3. The number of aliphatic hydroxyl groups excluding tert-OH is 1. The first-order valence-electron chi connectivity index (χ1n) is 6.08. The van der Waals surface area contributed by atoms with Crippen LogP contribution in [0.25, 0.3) is 0 Å². The lowest BCUT2D eigenvalue weighted by molar-refractivity contribution is 0.175. The van der Waals surface area contributed by atoms with E-state index in [9.17, 15) is 5.11 Å². The quantitative estimate of drug-likeness (QED) is 0.920. The van der Waals surface area contributed by atoms with Crippen LogP contribution in [0.15, 0.2) is 47.2 Å². The van der Waals surface area contributed by atoms with Crippen molar-refractivity contribution in [1.29, 1.82) is 0 Å². The van der Waals surface area contributed by atoms with Crippen LogP contribution in [-0.4, -0.2) is 23.3 Å². The van der Waals surface area contributed by atoms with Crippen molar-refractivity contribution in [3.63, 3.8) is 0 Å². The third kappa shape index (κ3) is 4.04. The first kappa shape index (κ1) is 14.0. The molecular formula is C15H16BrNO2. The second-order valence-corrected chi connectivity index (χ2v) is 5.25. The van der Waals surface area contributed by atoms with Crippen molar-refractivity contribution in [2.75, 3.05) is 7.11 Å². The molecule has 0 aliphatic carbocycles. The van der Waals surface area contributed by atoms with Crippen LogP contribution in [0, 0.1) is 0 Å². The minimum atomic E-state index is -0.413. The third-order valence-electron chi connectivity index (χ3n) is 2.88. The normalized spacial score (nSPS) is 12.2. The van der Waals surface area contributed by atoms with E-state index in [4.69, 9.17) is 4.74 Å². The van der Waals surface area contributed by atoms with Crippen molar-refractivity contribution in [3.05, 3.63) is 58.3 Å². The van der Waals surface area contributed by atoms with Gasteiger partial charge in [-0.05, 0) is 51.7 Å². The van der Waals surface area contributed by atoms with Crippen molar-refractivity contribution < 1.29 is 9.84 Å². The molecule has 1 atom stereocenters. The molecule has 4 heteroatoms. The van der Waals surface area contributed by atoms with Crippen molar-refractivity contribution >= 4 is 15.9 Å². The Kier molecular flexibility index (Phi) is 4.93. The van der Waals surface area contributed by atoms with Crippen LogP contribution in [0.1, 0.15) is 11.1 Å². The van der Waals surface area contributed by atoms with Gasteiger partial charge < -0.3 is 9.84 Å². The minimum absolute atomic E-state index is 0.413. The number of aliphatic hydroxyl groups is 1. The van der Waals surface area contributed by atoms with Gasteiger partial charge in [0.1, 0.15) is 5.75 Å². The molecule has 1 unspecified atom stereocenters. The predicted octanol–water partition coefficient (Wildman–Crippen LogP) is 3.00. The van der Waals surface area contributed by atoms with E-state index in [1.807, 2.05) is 30.3 Å². The lowest BCUT2D eigenvalue weighted by Gasteiger charge is -2.12. The lowest BCUT2D eigenvalue weighted by atomic mass is 10.0. The number of rotatable bonds is 5. The van der Waals surface area contributed by atoms with E-state index in [1.54, 1.807) is 19.5 Å². The van der Waals surface area contributed by atoms with Gasteiger partial charge in [0.25, 0.3) is 0 Å². The van der Waals surface area contributed by atoms with E-state index in [0.717, 1.165) is 21.3 Å². The average molecular weight is 322 g/mol. The van der Waals surface area contributed by atoms with Crippen LogP contribution in [0.4, 0.5) is 0 Å². The monoisotopic (exact) mass is 321 g/mol. The SMILES string of the molecule is COc1ccc(CC(O)Cc2cccnc2)cc1Br. The molecule has 3 nitrogen and oxygen atoms in total. The van der Waals surface area contributed by atoms with Crippen LogP contribution in [0.3, 0.4) is 0 Å². The van der Waals surface area contributed by atoms with Gasteiger partial charge in [0.05, 0.1) is 17.7 Å². The Balaban J connectivity index is 1.99. The number of methoxy groups -OCH3 is 1. The summed E-state index contributed by atoms with van der Waals surface area (Å²) in [7, 11) is 1.64. The number of halogens is 1. The van der Waals surface area contributed by atoms with E-state index < -0.39 is 6.10 Å². The summed E-state index contributed by atoms with van der Waals surface area (Å²) in [6, 6.07) is 9.70. The van der Waals surface area contributed by atoms with E-state index in [2.05, 4.69) is 20.9 Å². The zero-order valence-electron chi connectivity index (χ0n) is 10.7. The van der Waals surface area contributed by atoms with Crippen molar-refractivity contribution in [3.8, 4) is 5.75 Å². The molecule has 0 saturated carbocycles. The number of ether oxygens (including phenoxy) is 1. The molecule has 1 aromatic heterocycles. The van der Waals surface area contributed by atoms with Crippen LogP contribution >= 0.6 is 15.9 Å². The van der Waals surface area contributed by atoms with Crippen LogP contribution in [0.5, 0.6) is 5.75 Å². The smallest absolute Gasteiger partial charge is 0.133 e. The van der Waals surface area contributed by atoms with Gasteiger partial charge in [-0.1, -0.05) is 12.1 Å². The Hall–Kier alpha value is -1.39. The van der Waals surface area contributed by atoms with Crippen molar-refractivity contribution in [1.82, 2.24) is 4.98 Å². The molecule has 0 saturated heterocycles. The Bertz CT molecular complexity index is 531. The predicted molar refractivity (Wildman–Crippen MR) is 78.3 cm³/mol. The maximum Gasteiger partial charge on any atom is 0.133 e. The Morgan fingerprint density at radius 3 is 2.68 bits per heavy atom. The fourth-order valence-electron chi connectivity index (χ4n) is 1.97. The van der Waals surface area contributed by atoms with Crippen molar-refractivity contribution in [2.24, 2.45) is 0 Å². The minimum Gasteiger partial charge on any atom is -0.496 e. The lowest BCUT2D eigenvalue weighted by Crippen LogP contribution is -2.14. The molecule has 0 spiro atoms. The zero-order chi connectivity index (χ0) is 13.7. The highest BCUT2D eigenvalue weighted by molar-refractivity contribution is 9.10. The summed E-state index contributed by atoms with van der Waals surface area (Å²) in [6.07, 6.45) is 4.32. The summed E-state index contributed by atoms with van der Waals surface area (Å²) in [6.45, 7) is 0. The molecule has 2 aromatic rings. The largest absolute Gasteiger partial charge is 0.496 e. The summed E-state index contributed by atoms with van der Waals surface area (Å²) in [5.41, 5.74) is 2.12. The Morgan fingerprint density at radius 2 is 2.05 bits per heavy atom. The summed E-state index contributed by atoms with van der Waals surface area (Å²) in [5, 5.41) is 10.1.